The van der Waals surface area contributed by atoms with Crippen LogP contribution < -0.4 is 5.32 Å². The number of amides is 1. The van der Waals surface area contributed by atoms with Crippen LogP contribution in [0.1, 0.15) is 40.1 Å². The Morgan fingerprint density at radius 3 is 2.30 bits per heavy atom. The van der Waals surface area contributed by atoms with Gasteiger partial charge in [-0.05, 0) is 42.8 Å². The van der Waals surface area contributed by atoms with Crippen molar-refractivity contribution in [2.75, 3.05) is 11.9 Å². The molecule has 0 aliphatic heterocycles. The summed E-state index contributed by atoms with van der Waals surface area (Å²) in [4.78, 5) is 36.3. The predicted molar refractivity (Wildman–Crippen MR) is 106 cm³/mol. The van der Waals surface area contributed by atoms with E-state index in [1.54, 1.807) is 26.0 Å². The average Bonchev–Trinajstić information content (AvgIpc) is 2.63. The number of rotatable bonds is 6. The Kier molecular flexibility index (Phi) is 6.99. The first kappa shape index (κ1) is 20.9. The minimum absolute atomic E-state index is 0.154. The Morgan fingerprint density at radius 2 is 1.67 bits per heavy atom. The van der Waals surface area contributed by atoms with Gasteiger partial charge in [-0.2, -0.15) is 0 Å². The van der Waals surface area contributed by atoms with E-state index < -0.39 is 18.4 Å². The summed E-state index contributed by atoms with van der Waals surface area (Å²) in [6, 6.07) is 9.24. The summed E-state index contributed by atoms with van der Waals surface area (Å²) in [5.41, 5.74) is 1.87. The van der Waals surface area contributed by atoms with Gasteiger partial charge < -0.3 is 10.1 Å². The number of carbonyl (C=O) groups is 3. The molecule has 2 aromatic rings. The first-order valence-corrected chi connectivity index (χ1v) is 9.01. The molecule has 27 heavy (non-hydrogen) atoms. The molecule has 0 heterocycles. The highest BCUT2D eigenvalue weighted by Gasteiger charge is 2.15. The number of Topliss-reactive ketones (excluding diaryl/α,β-unsaturated/α-hetero) is 1. The van der Waals surface area contributed by atoms with Crippen LogP contribution in [0.25, 0.3) is 0 Å². The molecule has 2 aromatic carbocycles. The van der Waals surface area contributed by atoms with E-state index >= 15 is 0 Å². The number of aryl methyl sites for hydroxylation is 1. The number of anilines is 1. The highest BCUT2D eigenvalue weighted by atomic mass is 35.5. The van der Waals surface area contributed by atoms with Gasteiger partial charge in [0.05, 0.1) is 15.6 Å². The largest absolute Gasteiger partial charge is 0.454 e. The molecule has 0 atom stereocenters. The van der Waals surface area contributed by atoms with Crippen LogP contribution in [0, 0.1) is 12.8 Å². The van der Waals surface area contributed by atoms with E-state index in [9.17, 15) is 14.4 Å². The van der Waals surface area contributed by atoms with Crippen molar-refractivity contribution in [1.29, 1.82) is 0 Å². The lowest BCUT2D eigenvalue weighted by atomic mass is 10.1. The van der Waals surface area contributed by atoms with Crippen molar-refractivity contribution in [3.05, 3.63) is 63.1 Å². The predicted octanol–water partition coefficient (Wildman–Crippen LogP) is 4.94. The fourth-order valence-electron chi connectivity index (χ4n) is 2.13. The van der Waals surface area contributed by atoms with E-state index in [1.165, 1.54) is 24.3 Å². The monoisotopic (exact) mass is 407 g/mol. The molecule has 142 valence electrons. The van der Waals surface area contributed by atoms with Gasteiger partial charge in [0.25, 0.3) is 0 Å². The number of carbonyl (C=O) groups excluding carboxylic acids is 3. The van der Waals surface area contributed by atoms with E-state index in [0.29, 0.717) is 16.3 Å². The van der Waals surface area contributed by atoms with E-state index in [4.69, 9.17) is 27.9 Å². The summed E-state index contributed by atoms with van der Waals surface area (Å²) < 4.78 is 5.08. The van der Waals surface area contributed by atoms with Crippen LogP contribution in [0.15, 0.2) is 36.4 Å². The van der Waals surface area contributed by atoms with Crippen molar-refractivity contribution >= 4 is 46.5 Å². The molecular weight excluding hydrogens is 389 g/mol. The molecule has 0 bridgehead atoms. The maximum atomic E-state index is 12.3. The molecule has 1 amide bonds. The zero-order valence-corrected chi connectivity index (χ0v) is 16.6. The molecule has 0 saturated heterocycles. The fraction of sp³-hybridized carbons (Fsp3) is 0.250. The normalized spacial score (nSPS) is 10.6. The third kappa shape index (κ3) is 5.55. The van der Waals surface area contributed by atoms with Gasteiger partial charge in [0.1, 0.15) is 0 Å². The minimum Gasteiger partial charge on any atom is -0.454 e. The van der Waals surface area contributed by atoms with Crippen LogP contribution in [-0.2, 0) is 9.53 Å². The second kappa shape index (κ2) is 9.02. The number of hydrogen-bond acceptors (Lipinski definition) is 4. The summed E-state index contributed by atoms with van der Waals surface area (Å²) in [5, 5.41) is 3.35. The maximum Gasteiger partial charge on any atom is 0.338 e. The second-order valence-corrected chi connectivity index (χ2v) is 7.12. The summed E-state index contributed by atoms with van der Waals surface area (Å²) in [6.07, 6.45) is 0. The van der Waals surface area contributed by atoms with E-state index in [1.807, 2.05) is 6.92 Å². The number of esters is 1. The van der Waals surface area contributed by atoms with Crippen LogP contribution in [0.3, 0.4) is 0 Å². The molecule has 0 radical (unpaired) electrons. The molecule has 0 spiro atoms. The third-order valence-corrected chi connectivity index (χ3v) is 4.57. The third-order valence-electron chi connectivity index (χ3n) is 3.83. The van der Waals surface area contributed by atoms with Gasteiger partial charge in [-0.15, -0.1) is 0 Å². The zero-order chi connectivity index (χ0) is 20.1. The van der Waals surface area contributed by atoms with E-state index in [2.05, 4.69) is 5.32 Å². The van der Waals surface area contributed by atoms with Gasteiger partial charge in [0.15, 0.2) is 12.4 Å². The van der Waals surface area contributed by atoms with Crippen LogP contribution in [0.2, 0.25) is 10.0 Å². The van der Waals surface area contributed by atoms with Crippen molar-refractivity contribution in [1.82, 2.24) is 0 Å². The highest BCUT2D eigenvalue weighted by molar-refractivity contribution is 6.42. The Bertz CT molecular complexity index is 894. The first-order valence-electron chi connectivity index (χ1n) is 8.26. The number of ether oxygens (including phenoxy) is 1. The standard InChI is InChI=1S/C20H19Cl2NO4/c1-11(2)19(25)23-17-9-14(5-4-12(17)3)20(26)27-10-18(24)13-6-7-15(21)16(22)8-13/h4-9,11H,10H2,1-3H3,(H,23,25). The number of hydrogen-bond donors (Lipinski definition) is 1. The van der Waals surface area contributed by atoms with Gasteiger partial charge in [-0.25, -0.2) is 4.79 Å². The van der Waals surface area contributed by atoms with Crippen molar-refractivity contribution in [2.24, 2.45) is 5.92 Å². The molecule has 0 fully saturated rings. The molecule has 0 saturated carbocycles. The summed E-state index contributed by atoms with van der Waals surface area (Å²) >= 11 is 11.7. The average molecular weight is 408 g/mol. The molecular formula is C20H19Cl2NO4. The molecule has 2 rings (SSSR count). The molecule has 0 aromatic heterocycles. The second-order valence-electron chi connectivity index (χ2n) is 6.30. The Hall–Kier alpha value is -2.37. The molecule has 0 aliphatic rings. The molecule has 0 aliphatic carbocycles. The van der Waals surface area contributed by atoms with Gasteiger partial charge in [-0.3, -0.25) is 9.59 Å². The quantitative estimate of drug-likeness (QED) is 0.543. The first-order chi connectivity index (χ1) is 12.7. The molecule has 5 nitrogen and oxygen atoms in total. The Labute approximate surface area is 167 Å². The van der Waals surface area contributed by atoms with Crippen LogP contribution in [0.5, 0.6) is 0 Å². The van der Waals surface area contributed by atoms with Gasteiger partial charge in [0.2, 0.25) is 5.91 Å². The number of nitrogens with one attached hydrogen (secondary N) is 1. The van der Waals surface area contributed by atoms with E-state index in [-0.39, 0.29) is 22.4 Å². The summed E-state index contributed by atoms with van der Waals surface area (Å²) in [7, 11) is 0. The number of ketones is 1. The SMILES string of the molecule is Cc1ccc(C(=O)OCC(=O)c2ccc(Cl)c(Cl)c2)cc1NC(=O)C(C)C. The smallest absolute Gasteiger partial charge is 0.338 e. The molecule has 0 unspecified atom stereocenters. The van der Waals surface area contributed by atoms with Gasteiger partial charge in [-0.1, -0.05) is 43.1 Å². The summed E-state index contributed by atoms with van der Waals surface area (Å²) in [6.45, 7) is 4.94. The van der Waals surface area contributed by atoms with Gasteiger partial charge >= 0.3 is 5.97 Å². The lowest BCUT2D eigenvalue weighted by Gasteiger charge is -2.12. The number of benzene rings is 2. The zero-order valence-electron chi connectivity index (χ0n) is 15.1. The van der Waals surface area contributed by atoms with Crippen LogP contribution in [0.4, 0.5) is 5.69 Å². The fourth-order valence-corrected chi connectivity index (χ4v) is 2.43. The lowest BCUT2D eigenvalue weighted by Crippen LogP contribution is -2.19. The Balaban J connectivity index is 2.06. The maximum absolute atomic E-state index is 12.3. The highest BCUT2D eigenvalue weighted by Crippen LogP contribution is 2.23. The van der Waals surface area contributed by atoms with Crippen molar-refractivity contribution in [3.63, 3.8) is 0 Å². The lowest BCUT2D eigenvalue weighted by molar-refractivity contribution is -0.118. The molecule has 7 heteroatoms. The summed E-state index contributed by atoms with van der Waals surface area (Å²) in [5.74, 6) is -1.41. The van der Waals surface area contributed by atoms with Crippen LogP contribution in [-0.4, -0.2) is 24.3 Å². The van der Waals surface area contributed by atoms with Gasteiger partial charge in [0, 0.05) is 17.2 Å². The van der Waals surface area contributed by atoms with Crippen molar-refractivity contribution in [3.8, 4) is 0 Å². The van der Waals surface area contributed by atoms with Crippen LogP contribution >= 0.6 is 23.2 Å². The van der Waals surface area contributed by atoms with Crippen molar-refractivity contribution < 1.29 is 19.1 Å². The molecule has 1 N–H and O–H groups in total. The minimum atomic E-state index is -0.663. The van der Waals surface area contributed by atoms with Crippen molar-refractivity contribution in [2.45, 2.75) is 20.8 Å². The topological polar surface area (TPSA) is 72.5 Å². The number of halogens is 2. The van der Waals surface area contributed by atoms with E-state index in [0.717, 1.165) is 5.56 Å². The Morgan fingerprint density at radius 1 is 1.00 bits per heavy atom.